The van der Waals surface area contributed by atoms with Gasteiger partial charge >= 0.3 is 0 Å². The van der Waals surface area contributed by atoms with Crippen LogP contribution >= 0.6 is 38.9 Å². The van der Waals surface area contributed by atoms with Crippen LogP contribution in [-0.4, -0.2) is 5.78 Å². The highest BCUT2D eigenvalue weighted by molar-refractivity contribution is 9.10. The van der Waals surface area contributed by atoms with Gasteiger partial charge in [-0.3, -0.25) is 4.79 Å². The number of ketones is 1. The zero-order valence-electron chi connectivity index (χ0n) is 7.27. The lowest BCUT2D eigenvalue weighted by Crippen LogP contribution is -1.94. The maximum atomic E-state index is 11.5. The third-order valence-corrected chi connectivity index (χ3v) is 4.19. The molecule has 13 heavy (non-hydrogen) atoms. The molecule has 0 aliphatic rings. The zero-order valence-corrected chi connectivity index (χ0v) is 10.4. The van der Waals surface area contributed by atoms with E-state index in [4.69, 9.17) is 11.6 Å². The van der Waals surface area contributed by atoms with Gasteiger partial charge in [-0.05, 0) is 28.4 Å². The number of unbranched alkanes of at least 4 members (excludes halogenated alkanes) is 1. The predicted molar refractivity (Wildman–Crippen MR) is 60.9 cm³/mol. The molecule has 0 amide bonds. The lowest BCUT2D eigenvalue weighted by molar-refractivity contribution is 0.0983. The van der Waals surface area contributed by atoms with Gasteiger partial charge < -0.3 is 0 Å². The summed E-state index contributed by atoms with van der Waals surface area (Å²) in [5.74, 6) is 0.194. The Morgan fingerprint density at radius 2 is 2.38 bits per heavy atom. The number of hydrogen-bond acceptors (Lipinski definition) is 2. The number of halogens is 2. The lowest BCUT2D eigenvalue weighted by atomic mass is 10.2. The SMILES string of the molecule is CCCCC(=O)c1cc(Br)c(Cl)s1. The minimum Gasteiger partial charge on any atom is -0.293 e. The molecule has 0 aromatic carbocycles. The van der Waals surface area contributed by atoms with Crippen LogP contribution in [-0.2, 0) is 0 Å². The Hall–Kier alpha value is 0.140. The second-order valence-corrected chi connectivity index (χ2v) is 5.27. The molecule has 0 bridgehead atoms. The smallest absolute Gasteiger partial charge is 0.172 e. The number of rotatable bonds is 4. The summed E-state index contributed by atoms with van der Waals surface area (Å²) in [7, 11) is 0. The van der Waals surface area contributed by atoms with Gasteiger partial charge in [0.25, 0.3) is 0 Å². The van der Waals surface area contributed by atoms with Gasteiger partial charge in [0.2, 0.25) is 0 Å². The van der Waals surface area contributed by atoms with Crippen molar-refractivity contribution in [2.75, 3.05) is 0 Å². The van der Waals surface area contributed by atoms with Crippen LogP contribution in [0.4, 0.5) is 0 Å². The van der Waals surface area contributed by atoms with Crippen molar-refractivity contribution in [2.24, 2.45) is 0 Å². The molecule has 0 N–H and O–H groups in total. The van der Waals surface area contributed by atoms with E-state index in [1.54, 1.807) is 6.07 Å². The van der Waals surface area contributed by atoms with Crippen LogP contribution in [0.25, 0.3) is 0 Å². The van der Waals surface area contributed by atoms with E-state index in [1.807, 2.05) is 0 Å². The molecule has 0 unspecified atom stereocenters. The van der Waals surface area contributed by atoms with Gasteiger partial charge in [0.05, 0.1) is 4.88 Å². The molecule has 0 saturated heterocycles. The van der Waals surface area contributed by atoms with E-state index in [9.17, 15) is 4.79 Å². The highest BCUT2D eigenvalue weighted by Gasteiger charge is 2.11. The Labute approximate surface area is 95.2 Å². The van der Waals surface area contributed by atoms with Gasteiger partial charge in [-0.2, -0.15) is 0 Å². The zero-order chi connectivity index (χ0) is 9.84. The second-order valence-electron chi connectivity index (χ2n) is 2.76. The van der Waals surface area contributed by atoms with Gasteiger partial charge in [-0.25, -0.2) is 0 Å². The van der Waals surface area contributed by atoms with Crippen LogP contribution in [0.5, 0.6) is 0 Å². The Balaban J connectivity index is 2.66. The van der Waals surface area contributed by atoms with Gasteiger partial charge in [0.1, 0.15) is 4.34 Å². The van der Waals surface area contributed by atoms with Gasteiger partial charge in [-0.15, -0.1) is 11.3 Å². The van der Waals surface area contributed by atoms with E-state index in [0.717, 1.165) is 22.2 Å². The summed E-state index contributed by atoms with van der Waals surface area (Å²) in [6.45, 7) is 2.07. The first-order valence-corrected chi connectivity index (χ1v) is 6.12. The molecule has 1 aromatic rings. The topological polar surface area (TPSA) is 17.1 Å². The number of carbonyl (C=O) groups is 1. The number of Topliss-reactive ketones (excluding diaryl/α,β-unsaturated/α-hetero) is 1. The van der Waals surface area contributed by atoms with Crippen molar-refractivity contribution in [1.82, 2.24) is 0 Å². The van der Waals surface area contributed by atoms with Crippen LogP contribution in [0, 0.1) is 0 Å². The first kappa shape index (κ1) is 11.2. The van der Waals surface area contributed by atoms with Crippen molar-refractivity contribution < 1.29 is 4.79 Å². The van der Waals surface area contributed by atoms with Crippen molar-refractivity contribution in [2.45, 2.75) is 26.2 Å². The quantitative estimate of drug-likeness (QED) is 0.741. The molecule has 0 spiro atoms. The molecule has 1 nitrogen and oxygen atoms in total. The highest BCUT2D eigenvalue weighted by Crippen LogP contribution is 2.32. The summed E-state index contributed by atoms with van der Waals surface area (Å²) in [4.78, 5) is 12.3. The van der Waals surface area contributed by atoms with Crippen LogP contribution in [0.1, 0.15) is 35.9 Å². The summed E-state index contributed by atoms with van der Waals surface area (Å²) in [6.07, 6.45) is 2.62. The van der Waals surface area contributed by atoms with E-state index in [-0.39, 0.29) is 5.78 Å². The largest absolute Gasteiger partial charge is 0.293 e. The molecule has 1 heterocycles. The molecule has 1 rings (SSSR count). The fourth-order valence-corrected chi connectivity index (χ4v) is 2.61. The average molecular weight is 282 g/mol. The molecule has 72 valence electrons. The monoisotopic (exact) mass is 280 g/mol. The normalized spacial score (nSPS) is 10.4. The van der Waals surface area contributed by atoms with Crippen molar-refractivity contribution in [3.63, 3.8) is 0 Å². The summed E-state index contributed by atoms with van der Waals surface area (Å²) in [6, 6.07) is 1.80. The van der Waals surface area contributed by atoms with Crippen molar-refractivity contribution >= 4 is 44.7 Å². The van der Waals surface area contributed by atoms with E-state index in [0.29, 0.717) is 10.8 Å². The summed E-state index contributed by atoms with van der Waals surface area (Å²) < 4.78 is 1.47. The maximum absolute atomic E-state index is 11.5. The first-order valence-electron chi connectivity index (χ1n) is 4.13. The molecule has 0 aliphatic carbocycles. The molecule has 0 atom stereocenters. The minimum atomic E-state index is 0.194. The molecule has 0 fully saturated rings. The third-order valence-electron chi connectivity index (χ3n) is 1.68. The first-order chi connectivity index (χ1) is 6.15. The second kappa shape index (κ2) is 5.13. The van der Waals surface area contributed by atoms with Gasteiger partial charge in [0, 0.05) is 10.9 Å². The fourth-order valence-electron chi connectivity index (χ4n) is 0.945. The van der Waals surface area contributed by atoms with Gasteiger partial charge in [0.15, 0.2) is 5.78 Å². The van der Waals surface area contributed by atoms with E-state index < -0.39 is 0 Å². The molecule has 1 aromatic heterocycles. The van der Waals surface area contributed by atoms with Crippen molar-refractivity contribution in [3.05, 3.63) is 19.8 Å². The van der Waals surface area contributed by atoms with Crippen LogP contribution in [0.15, 0.2) is 10.5 Å². The highest BCUT2D eigenvalue weighted by atomic mass is 79.9. The predicted octanol–water partition coefficient (Wildman–Crippen LogP) is 4.54. The lowest BCUT2D eigenvalue weighted by Gasteiger charge is -1.93. The van der Waals surface area contributed by atoms with E-state index in [2.05, 4.69) is 22.9 Å². The minimum absolute atomic E-state index is 0.194. The Morgan fingerprint density at radius 3 is 2.85 bits per heavy atom. The summed E-state index contributed by atoms with van der Waals surface area (Å²) >= 11 is 10.4. The third kappa shape index (κ3) is 3.08. The van der Waals surface area contributed by atoms with Crippen LogP contribution in [0.3, 0.4) is 0 Å². The number of carbonyl (C=O) groups excluding carboxylic acids is 1. The van der Waals surface area contributed by atoms with Crippen LogP contribution < -0.4 is 0 Å². The molecular weight excluding hydrogens is 272 g/mol. The standard InChI is InChI=1S/C9H10BrClOS/c1-2-3-4-7(12)8-5-6(10)9(11)13-8/h5H,2-4H2,1H3. The maximum Gasteiger partial charge on any atom is 0.172 e. The molecule has 4 heteroatoms. The van der Waals surface area contributed by atoms with Crippen LogP contribution in [0.2, 0.25) is 4.34 Å². The van der Waals surface area contributed by atoms with Crippen molar-refractivity contribution in [3.8, 4) is 0 Å². The Bertz CT molecular complexity index is 289. The van der Waals surface area contributed by atoms with E-state index in [1.165, 1.54) is 11.3 Å². The van der Waals surface area contributed by atoms with E-state index >= 15 is 0 Å². The Morgan fingerprint density at radius 1 is 1.69 bits per heavy atom. The molecule has 0 aliphatic heterocycles. The molecular formula is C9H10BrClOS. The molecule has 0 saturated carbocycles. The van der Waals surface area contributed by atoms with Gasteiger partial charge in [-0.1, -0.05) is 24.9 Å². The summed E-state index contributed by atoms with van der Waals surface area (Å²) in [5, 5.41) is 0. The van der Waals surface area contributed by atoms with Crippen molar-refractivity contribution in [1.29, 1.82) is 0 Å². The number of hydrogen-bond donors (Lipinski definition) is 0. The summed E-state index contributed by atoms with van der Waals surface area (Å²) in [5.41, 5.74) is 0. The average Bonchev–Trinajstić information content (AvgIpc) is 2.43. The molecule has 0 radical (unpaired) electrons. The number of thiophene rings is 1. The Kier molecular flexibility index (Phi) is 4.42. The fraction of sp³-hybridized carbons (Fsp3) is 0.444.